The number of methoxy groups -OCH3 is 1. The number of amides is 1. The molecule has 2 aliphatic heterocycles. The van der Waals surface area contributed by atoms with Crippen molar-refractivity contribution in [3.8, 4) is 5.75 Å². The van der Waals surface area contributed by atoms with Crippen LogP contribution < -0.4 is 9.46 Å². The Morgan fingerprint density at radius 1 is 1.00 bits per heavy atom. The van der Waals surface area contributed by atoms with Gasteiger partial charge in [0.15, 0.2) is 0 Å². The van der Waals surface area contributed by atoms with E-state index in [0.29, 0.717) is 32.1 Å². The first-order valence-corrected chi connectivity index (χ1v) is 13.3. The summed E-state index contributed by atoms with van der Waals surface area (Å²) in [4.78, 5) is 17.2. The van der Waals surface area contributed by atoms with Crippen LogP contribution in [-0.2, 0) is 27.8 Å². The highest BCUT2D eigenvalue weighted by Gasteiger charge is 2.25. The Balaban J connectivity index is 1.50. The molecule has 2 fully saturated rings. The summed E-state index contributed by atoms with van der Waals surface area (Å²) >= 11 is 0. The summed E-state index contributed by atoms with van der Waals surface area (Å²) in [5.41, 5.74) is 2.32. The third kappa shape index (κ3) is 5.96. The maximum atomic E-state index is 13.2. The van der Waals surface area contributed by atoms with E-state index < -0.39 is 10.0 Å². The number of carbonyl (C=O) groups excluding carboxylic acids is 1. The van der Waals surface area contributed by atoms with E-state index in [4.69, 9.17) is 9.47 Å². The second-order valence-corrected chi connectivity index (χ2v) is 10.5. The average Bonchev–Trinajstić information content (AvgIpc) is 2.88. The predicted molar refractivity (Wildman–Crippen MR) is 129 cm³/mol. The van der Waals surface area contributed by atoms with Crippen molar-refractivity contribution in [1.29, 1.82) is 0 Å². The Labute approximate surface area is 201 Å². The molecular weight excluding hydrogens is 454 g/mol. The van der Waals surface area contributed by atoms with Crippen molar-refractivity contribution in [1.82, 2.24) is 14.5 Å². The Hall–Kier alpha value is -2.46. The van der Waals surface area contributed by atoms with Crippen molar-refractivity contribution in [3.63, 3.8) is 0 Å². The summed E-state index contributed by atoms with van der Waals surface area (Å²) in [6, 6.07) is 12.3. The van der Waals surface area contributed by atoms with E-state index in [0.717, 1.165) is 30.8 Å². The third-order valence-electron chi connectivity index (χ3n) is 6.42. The SMILES string of the molecule is COc1ccc(S(=O)(=O)NCc2ccccc2CN2CCCCC2)cc1C(=O)N1CCOCC1. The zero-order valence-corrected chi connectivity index (χ0v) is 20.5. The van der Waals surface area contributed by atoms with Gasteiger partial charge in [-0.25, -0.2) is 13.1 Å². The molecule has 1 N–H and O–H groups in total. The first-order chi connectivity index (χ1) is 16.5. The van der Waals surface area contributed by atoms with E-state index in [1.807, 2.05) is 18.2 Å². The Kier molecular flexibility index (Phi) is 8.20. The van der Waals surface area contributed by atoms with Gasteiger partial charge in [0.2, 0.25) is 10.0 Å². The van der Waals surface area contributed by atoms with Crippen molar-refractivity contribution in [3.05, 3.63) is 59.2 Å². The average molecular weight is 488 g/mol. The van der Waals surface area contributed by atoms with Gasteiger partial charge in [0.05, 0.1) is 30.8 Å². The summed E-state index contributed by atoms with van der Waals surface area (Å²) in [5.74, 6) is 0.0893. The molecule has 8 nitrogen and oxygen atoms in total. The standard InChI is InChI=1S/C25H33N3O5S/c1-32-24-10-9-22(17-23(24)25(29)28-13-15-33-16-14-28)34(30,31)26-18-20-7-3-4-8-21(20)19-27-11-5-2-6-12-27/h3-4,7-10,17,26H,2,5-6,11-16,18-19H2,1H3. The minimum atomic E-state index is -3.83. The summed E-state index contributed by atoms with van der Waals surface area (Å²) in [7, 11) is -2.37. The lowest BCUT2D eigenvalue weighted by Gasteiger charge is -2.27. The highest BCUT2D eigenvalue weighted by Crippen LogP contribution is 2.25. The van der Waals surface area contributed by atoms with E-state index in [9.17, 15) is 13.2 Å². The maximum Gasteiger partial charge on any atom is 0.257 e. The second-order valence-electron chi connectivity index (χ2n) is 8.70. The monoisotopic (exact) mass is 487 g/mol. The smallest absolute Gasteiger partial charge is 0.257 e. The van der Waals surface area contributed by atoms with Gasteiger partial charge in [-0.2, -0.15) is 0 Å². The summed E-state index contributed by atoms with van der Waals surface area (Å²) in [6.45, 7) is 5.01. The number of nitrogens with one attached hydrogen (secondary N) is 1. The highest BCUT2D eigenvalue weighted by atomic mass is 32.2. The zero-order valence-electron chi connectivity index (χ0n) is 19.7. The molecule has 0 saturated carbocycles. The van der Waals surface area contributed by atoms with E-state index in [-0.39, 0.29) is 22.9 Å². The van der Waals surface area contributed by atoms with Crippen LogP contribution >= 0.6 is 0 Å². The number of nitrogens with zero attached hydrogens (tertiary/aromatic N) is 2. The van der Waals surface area contributed by atoms with Crippen molar-refractivity contribution in [2.75, 3.05) is 46.5 Å². The first kappa shape index (κ1) is 24.7. The molecule has 0 aliphatic carbocycles. The first-order valence-electron chi connectivity index (χ1n) is 11.8. The number of piperidine rings is 1. The second kappa shape index (κ2) is 11.3. The fourth-order valence-corrected chi connectivity index (χ4v) is 5.49. The van der Waals surface area contributed by atoms with Gasteiger partial charge in [0, 0.05) is 26.2 Å². The lowest BCUT2D eigenvalue weighted by molar-refractivity contribution is 0.0300. The van der Waals surface area contributed by atoms with Crippen LogP contribution in [0.3, 0.4) is 0 Å². The number of hydrogen-bond donors (Lipinski definition) is 1. The van der Waals surface area contributed by atoms with Crippen molar-refractivity contribution >= 4 is 15.9 Å². The summed E-state index contributed by atoms with van der Waals surface area (Å²) in [5, 5.41) is 0. The van der Waals surface area contributed by atoms with Gasteiger partial charge in [0.25, 0.3) is 5.91 Å². The number of ether oxygens (including phenoxy) is 2. The number of carbonyl (C=O) groups is 1. The molecule has 0 aromatic heterocycles. The van der Waals surface area contributed by atoms with E-state index >= 15 is 0 Å². The molecule has 0 radical (unpaired) electrons. The zero-order chi connectivity index (χ0) is 24.0. The van der Waals surface area contributed by atoms with Crippen molar-refractivity contribution < 1.29 is 22.7 Å². The third-order valence-corrected chi connectivity index (χ3v) is 7.82. The number of rotatable bonds is 8. The van der Waals surface area contributed by atoms with Crippen LogP contribution in [0.2, 0.25) is 0 Å². The lowest BCUT2D eigenvalue weighted by atomic mass is 10.1. The quantitative estimate of drug-likeness (QED) is 0.616. The molecule has 4 rings (SSSR count). The maximum absolute atomic E-state index is 13.2. The molecule has 1 amide bonds. The van der Waals surface area contributed by atoms with Crippen LogP contribution in [0.15, 0.2) is 47.4 Å². The van der Waals surface area contributed by atoms with Gasteiger partial charge in [-0.3, -0.25) is 9.69 Å². The molecule has 0 unspecified atom stereocenters. The molecule has 34 heavy (non-hydrogen) atoms. The number of hydrogen-bond acceptors (Lipinski definition) is 6. The fraction of sp³-hybridized carbons (Fsp3) is 0.480. The van der Waals surface area contributed by atoms with Crippen LogP contribution in [0, 0.1) is 0 Å². The van der Waals surface area contributed by atoms with Crippen LogP contribution in [0.4, 0.5) is 0 Å². The van der Waals surface area contributed by atoms with Crippen LogP contribution in [-0.4, -0.2) is 70.6 Å². The van der Waals surface area contributed by atoms with Crippen molar-refractivity contribution in [2.24, 2.45) is 0 Å². The highest BCUT2D eigenvalue weighted by molar-refractivity contribution is 7.89. The van der Waals surface area contributed by atoms with Gasteiger partial charge in [-0.15, -0.1) is 0 Å². The molecule has 9 heteroatoms. The van der Waals surface area contributed by atoms with E-state index in [2.05, 4.69) is 15.7 Å². The topological polar surface area (TPSA) is 88.2 Å². The van der Waals surface area contributed by atoms with Crippen LogP contribution in [0.25, 0.3) is 0 Å². The van der Waals surface area contributed by atoms with Crippen molar-refractivity contribution in [2.45, 2.75) is 37.2 Å². The Morgan fingerprint density at radius 2 is 1.71 bits per heavy atom. The van der Waals surface area contributed by atoms with Gasteiger partial charge in [0.1, 0.15) is 5.75 Å². The number of likely N-dealkylation sites (tertiary alicyclic amines) is 1. The summed E-state index contributed by atoms with van der Waals surface area (Å²) in [6.07, 6.45) is 3.69. The summed E-state index contributed by atoms with van der Waals surface area (Å²) < 4.78 is 39.7. The Bertz CT molecular complexity index is 1090. The minimum absolute atomic E-state index is 0.0402. The molecule has 184 valence electrons. The van der Waals surface area contributed by atoms with Gasteiger partial charge in [-0.1, -0.05) is 30.7 Å². The fourth-order valence-electron chi connectivity index (χ4n) is 4.46. The lowest BCUT2D eigenvalue weighted by Crippen LogP contribution is -2.40. The van der Waals surface area contributed by atoms with Gasteiger partial charge in [-0.05, 0) is 55.3 Å². The minimum Gasteiger partial charge on any atom is -0.496 e. The molecule has 2 aromatic rings. The Morgan fingerprint density at radius 3 is 2.41 bits per heavy atom. The number of benzene rings is 2. The molecule has 2 heterocycles. The number of sulfonamides is 1. The predicted octanol–water partition coefficient (Wildman–Crippen LogP) is 2.63. The molecular formula is C25H33N3O5S. The van der Waals surface area contributed by atoms with Crippen LogP contribution in [0.1, 0.15) is 40.7 Å². The number of morpholine rings is 1. The van der Waals surface area contributed by atoms with Crippen LogP contribution in [0.5, 0.6) is 5.75 Å². The van der Waals surface area contributed by atoms with E-state index in [1.165, 1.54) is 44.6 Å². The normalized spacial score (nSPS) is 17.5. The van der Waals surface area contributed by atoms with E-state index in [1.54, 1.807) is 4.90 Å². The molecule has 0 atom stereocenters. The molecule has 0 spiro atoms. The van der Waals surface area contributed by atoms with Gasteiger partial charge < -0.3 is 14.4 Å². The van der Waals surface area contributed by atoms with Gasteiger partial charge >= 0.3 is 0 Å². The molecule has 2 aromatic carbocycles. The largest absolute Gasteiger partial charge is 0.496 e. The molecule has 2 aliphatic rings. The molecule has 2 saturated heterocycles. The molecule has 0 bridgehead atoms.